The first kappa shape index (κ1) is 60.1. The number of carboxylic acids is 6. The second-order valence-electron chi connectivity index (χ2n) is 17.4. The largest absolute Gasteiger partial charge is 0.479 e. The number of hydrogen-bond acceptors (Lipinski definition) is 31. The predicted octanol–water partition coefficient (Wildman–Crippen LogP) is -12.2. The van der Waals surface area contributed by atoms with Gasteiger partial charge in [-0.1, -0.05) is 0 Å². The van der Waals surface area contributed by atoms with E-state index in [-0.39, 0.29) is 0 Å². The van der Waals surface area contributed by atoms with Crippen LogP contribution in [-0.4, -0.2) is 326 Å². The van der Waals surface area contributed by atoms with Crippen LogP contribution in [0.25, 0.3) is 0 Å². The molecule has 0 radical (unpaired) electrons. The van der Waals surface area contributed by atoms with Crippen LogP contribution in [0.2, 0.25) is 0 Å². The quantitative estimate of drug-likeness (QED) is 0.0606. The van der Waals surface area contributed by atoms with Crippen LogP contribution in [0.5, 0.6) is 0 Å². The minimum Gasteiger partial charge on any atom is -0.479 e. The molecule has 0 aromatic carbocycles. The molecule has 0 amide bonds. The van der Waals surface area contributed by atoms with E-state index in [4.69, 9.17) is 61.6 Å². The molecule has 12 unspecified atom stereocenters. The maximum absolute atomic E-state index is 12.5. The van der Waals surface area contributed by atoms with Gasteiger partial charge in [0, 0.05) is 14.2 Å². The van der Waals surface area contributed by atoms with Crippen LogP contribution in [0.15, 0.2) is 0 Å². The van der Waals surface area contributed by atoms with Crippen LogP contribution in [0.1, 0.15) is 0 Å². The highest BCUT2D eigenvalue weighted by molar-refractivity contribution is 5.76. The number of aliphatic hydroxyl groups is 12. The van der Waals surface area contributed by atoms with Crippen molar-refractivity contribution in [2.45, 2.75) is 184 Å². The Morgan fingerprint density at radius 1 is 0.253 bits per heavy atom. The number of methoxy groups -OCH3 is 2. The van der Waals surface area contributed by atoms with Crippen LogP contribution in [0.4, 0.5) is 0 Å². The van der Waals surface area contributed by atoms with E-state index in [1.165, 1.54) is 0 Å². The standard InChI is InChI=1S/C38H54O37/c1-63-15-3(39)10(46)34(71-21(15)27(51)52)66-17-5(41)12(48)36(73-23(17)29(55)56)68-19-7(43)14(50)38(75-25(19)31(59)60)69-20-8(44)13(49)37(74-26(20)32(61)62)67-18-6(42)11(47)35(72-24(18)30(57)58)65-16-4(40)9(45)33(64-2)70-22(16)28(53)54/h3-26,33-50H,1-2H3,(H,51,52)(H,53,54)(H,55,56)(H,57,58)(H,59,60)(H,61,62)/t3-,4?,5?,6-,7+,8?,9?,10?,11?,12?,13?,14?,15-,16-,17-,18-,19-,20-,21?,22+,23+,24?,25?,26+,33+,34+,35+,36+,37+,38+/m0/s1. The Labute approximate surface area is 416 Å². The lowest BCUT2D eigenvalue weighted by Gasteiger charge is -2.48. The first-order valence-electron chi connectivity index (χ1n) is 21.9. The molecule has 37 nitrogen and oxygen atoms in total. The Morgan fingerprint density at radius 3 is 0.587 bits per heavy atom. The molecule has 0 aromatic heterocycles. The molecular weight excluding hydrogens is 1050 g/mol. The number of rotatable bonds is 18. The topological polar surface area (TPSA) is 587 Å². The fourth-order valence-corrected chi connectivity index (χ4v) is 8.77. The van der Waals surface area contributed by atoms with Crippen molar-refractivity contribution in [1.29, 1.82) is 0 Å². The van der Waals surface area contributed by atoms with Crippen LogP contribution in [0, 0.1) is 0 Å². The summed E-state index contributed by atoms with van der Waals surface area (Å²) < 4.78 is 67.2. The first-order chi connectivity index (χ1) is 35.1. The molecule has 18 N–H and O–H groups in total. The molecule has 6 heterocycles. The summed E-state index contributed by atoms with van der Waals surface area (Å²) in [5.74, 6) is -11.8. The van der Waals surface area contributed by atoms with Crippen molar-refractivity contribution in [1.82, 2.24) is 0 Å². The van der Waals surface area contributed by atoms with Crippen molar-refractivity contribution in [2.24, 2.45) is 0 Å². The fraction of sp³-hybridized carbons (Fsp3) is 0.842. The van der Waals surface area contributed by atoms with Gasteiger partial charge in [-0.3, -0.25) is 0 Å². The summed E-state index contributed by atoms with van der Waals surface area (Å²) in [4.78, 5) is 73.5. The van der Waals surface area contributed by atoms with Gasteiger partial charge in [-0.25, -0.2) is 28.8 Å². The zero-order valence-corrected chi connectivity index (χ0v) is 38.1. The molecule has 6 saturated heterocycles. The van der Waals surface area contributed by atoms with Crippen molar-refractivity contribution < 1.29 is 182 Å². The van der Waals surface area contributed by atoms with Crippen LogP contribution >= 0.6 is 0 Å². The van der Waals surface area contributed by atoms with E-state index in [2.05, 4.69) is 0 Å². The lowest BCUT2D eigenvalue weighted by Crippen LogP contribution is -2.69. The number of carboxylic acid groups (broad SMARTS) is 6. The van der Waals surface area contributed by atoms with Gasteiger partial charge < -0.3 is 153 Å². The van der Waals surface area contributed by atoms with Crippen molar-refractivity contribution in [3.8, 4) is 0 Å². The highest BCUT2D eigenvalue weighted by atomic mass is 16.8. The number of ether oxygens (including phenoxy) is 13. The predicted molar refractivity (Wildman–Crippen MR) is 212 cm³/mol. The SMILES string of the molecule is CO[C@@H]1O[C@@H](C(=O)O)[C@@H](O[C@@H]2OC(C(=O)O)[C@@H](O[C@@H]3O[C@@H](C(=O)O)[C@@H](O[C@@H]4OC(C(=O)O)[C@@H](O[C@@H]5O[C@@H](C(=O)O)[C@@H](O[C@@H]6OC(C(=O)O)[C@@H](OC)[C@@H](O)C6O)C(O)C5O)[C@H](O)C4O)C(O)C3O)[C@@H](O)C2O)C(O)C1O. The summed E-state index contributed by atoms with van der Waals surface area (Å²) in [7, 11) is 1.94. The summed E-state index contributed by atoms with van der Waals surface area (Å²) in [5, 5.41) is 190. The monoisotopic (exact) mass is 1100 g/mol. The summed E-state index contributed by atoms with van der Waals surface area (Å²) in [6.45, 7) is 0. The van der Waals surface area contributed by atoms with Crippen LogP contribution in [-0.2, 0) is 90.3 Å². The number of aliphatic hydroxyl groups excluding tert-OH is 12. The third-order valence-corrected chi connectivity index (χ3v) is 12.7. The van der Waals surface area contributed by atoms with Gasteiger partial charge in [-0.05, 0) is 0 Å². The highest BCUT2D eigenvalue weighted by Crippen LogP contribution is 2.37. The molecule has 6 fully saturated rings. The van der Waals surface area contributed by atoms with E-state index in [0.717, 1.165) is 14.2 Å². The third kappa shape index (κ3) is 12.0. The van der Waals surface area contributed by atoms with E-state index in [0.29, 0.717) is 0 Å². The van der Waals surface area contributed by atoms with E-state index >= 15 is 0 Å². The molecule has 6 aliphatic rings. The van der Waals surface area contributed by atoms with E-state index in [1.54, 1.807) is 0 Å². The number of carbonyl (C=O) groups is 6. The molecular formula is C38H54O37. The molecule has 0 bridgehead atoms. The van der Waals surface area contributed by atoms with Gasteiger partial charge >= 0.3 is 35.8 Å². The van der Waals surface area contributed by atoms with Gasteiger partial charge in [0.25, 0.3) is 0 Å². The number of aliphatic carboxylic acids is 6. The Bertz CT molecular complexity index is 2030. The Balaban J connectivity index is 1.13. The lowest BCUT2D eigenvalue weighted by molar-refractivity contribution is -0.386. The fourth-order valence-electron chi connectivity index (χ4n) is 8.77. The van der Waals surface area contributed by atoms with Crippen LogP contribution < -0.4 is 0 Å². The third-order valence-electron chi connectivity index (χ3n) is 12.7. The summed E-state index contributed by atoms with van der Waals surface area (Å²) >= 11 is 0. The molecule has 0 spiro atoms. The Morgan fingerprint density at radius 2 is 0.413 bits per heavy atom. The minimum absolute atomic E-state index is 0.959. The normalized spacial score (nSPS) is 48.6. The summed E-state index contributed by atoms with van der Waals surface area (Å²) in [6, 6.07) is 0. The van der Waals surface area contributed by atoms with Crippen LogP contribution in [0.3, 0.4) is 0 Å². The molecule has 0 saturated carbocycles. The van der Waals surface area contributed by atoms with E-state index in [1.807, 2.05) is 0 Å². The van der Waals surface area contributed by atoms with Gasteiger partial charge in [0.05, 0.1) is 0 Å². The van der Waals surface area contributed by atoms with Gasteiger partial charge in [0.15, 0.2) is 74.4 Å². The second kappa shape index (κ2) is 24.2. The van der Waals surface area contributed by atoms with Gasteiger partial charge in [0.1, 0.15) is 110 Å². The van der Waals surface area contributed by atoms with Crippen molar-refractivity contribution >= 4 is 35.8 Å². The molecule has 428 valence electrons. The zero-order valence-electron chi connectivity index (χ0n) is 38.1. The lowest BCUT2D eigenvalue weighted by atomic mass is 9.95. The molecule has 75 heavy (non-hydrogen) atoms. The first-order valence-corrected chi connectivity index (χ1v) is 21.9. The van der Waals surface area contributed by atoms with Crippen molar-refractivity contribution in [3.63, 3.8) is 0 Å². The summed E-state index contributed by atoms with van der Waals surface area (Å²) in [6.07, 6.45) is -70.9. The van der Waals surface area contributed by atoms with Crippen molar-refractivity contribution in [2.75, 3.05) is 14.2 Å². The molecule has 37 heteroatoms. The molecule has 6 aliphatic heterocycles. The van der Waals surface area contributed by atoms with Gasteiger partial charge in [0.2, 0.25) is 0 Å². The van der Waals surface area contributed by atoms with Crippen molar-refractivity contribution in [3.05, 3.63) is 0 Å². The maximum atomic E-state index is 12.5. The van der Waals surface area contributed by atoms with Gasteiger partial charge in [-0.2, -0.15) is 0 Å². The smallest absolute Gasteiger partial charge is 0.335 e. The number of hydrogen-bond donors (Lipinski definition) is 18. The minimum atomic E-state index is -2.63. The average Bonchev–Trinajstić information content (AvgIpc) is 3.34. The average molecular weight is 1100 g/mol. The second-order valence-corrected chi connectivity index (χ2v) is 17.4. The Hall–Kier alpha value is -4.18. The Kier molecular flexibility index (Phi) is 19.4. The maximum Gasteiger partial charge on any atom is 0.335 e. The van der Waals surface area contributed by atoms with E-state index in [9.17, 15) is 121 Å². The van der Waals surface area contributed by atoms with E-state index < -0.39 is 220 Å². The molecule has 6 rings (SSSR count). The molecule has 30 atom stereocenters. The zero-order chi connectivity index (χ0) is 56.0. The molecule has 0 aliphatic carbocycles. The highest BCUT2D eigenvalue weighted by Gasteiger charge is 2.61. The summed E-state index contributed by atoms with van der Waals surface area (Å²) in [5.41, 5.74) is 0. The van der Waals surface area contributed by atoms with Gasteiger partial charge in [-0.15, -0.1) is 0 Å². The molecule has 0 aromatic rings.